The van der Waals surface area contributed by atoms with Gasteiger partial charge in [-0.25, -0.2) is 9.59 Å². The van der Waals surface area contributed by atoms with Crippen molar-refractivity contribution < 1.29 is 19.1 Å². The van der Waals surface area contributed by atoms with E-state index < -0.39 is 5.60 Å². The number of hydrogen-bond donors (Lipinski definition) is 1. The van der Waals surface area contributed by atoms with Crippen LogP contribution in [0, 0.1) is 0 Å². The van der Waals surface area contributed by atoms with Gasteiger partial charge in [-0.3, -0.25) is 4.57 Å². The smallest absolute Gasteiger partial charge is 0.410 e. The van der Waals surface area contributed by atoms with E-state index in [0.29, 0.717) is 18.8 Å². The Hall–Kier alpha value is -3.48. The number of aromatic nitrogens is 1. The summed E-state index contributed by atoms with van der Waals surface area (Å²) in [6.07, 6.45) is 4.89. The third kappa shape index (κ3) is 5.41. The normalized spacial score (nSPS) is 14.9. The molecule has 1 fully saturated rings. The number of hydrogen-bond acceptors (Lipinski definition) is 4. The van der Waals surface area contributed by atoms with Crippen molar-refractivity contribution in [2.45, 2.75) is 45.3 Å². The van der Waals surface area contributed by atoms with Crippen molar-refractivity contribution in [3.8, 4) is 5.75 Å². The minimum atomic E-state index is -0.490. The van der Waals surface area contributed by atoms with Gasteiger partial charge in [0.2, 0.25) is 0 Å². The lowest BCUT2D eigenvalue weighted by molar-refractivity contribution is 0.0126. The standard InChI is InChI=1S/C25H29N3O4/c1-25(2,3)32-24(30)27-14-12-22(13-15-27)31-21-10-8-20(9-11-21)26-23(29)28-16-18-6-4-5-7-19(18)17-28/h4-11,16-17,22H,12-15H2,1-3H3,(H,26,29). The molecule has 2 amide bonds. The molecule has 7 heteroatoms. The third-order valence-electron chi connectivity index (χ3n) is 5.29. The van der Waals surface area contributed by atoms with Crippen molar-refractivity contribution in [1.29, 1.82) is 0 Å². The number of nitrogens with zero attached hydrogens (tertiary/aromatic N) is 2. The van der Waals surface area contributed by atoms with E-state index in [0.717, 1.165) is 29.4 Å². The van der Waals surface area contributed by atoms with Gasteiger partial charge in [-0.1, -0.05) is 24.3 Å². The summed E-state index contributed by atoms with van der Waals surface area (Å²) in [7, 11) is 0. The van der Waals surface area contributed by atoms with Crippen LogP contribution in [0.3, 0.4) is 0 Å². The topological polar surface area (TPSA) is 72.8 Å². The summed E-state index contributed by atoms with van der Waals surface area (Å²) in [5.41, 5.74) is 0.205. The zero-order valence-electron chi connectivity index (χ0n) is 18.7. The fourth-order valence-corrected chi connectivity index (χ4v) is 3.68. The summed E-state index contributed by atoms with van der Waals surface area (Å²) in [5, 5.41) is 4.93. The Balaban J connectivity index is 1.28. The molecule has 4 rings (SSSR count). The Labute approximate surface area is 187 Å². The minimum absolute atomic E-state index is 0.0430. The number of ether oxygens (including phenoxy) is 2. The summed E-state index contributed by atoms with van der Waals surface area (Å²) in [4.78, 5) is 26.5. The highest BCUT2D eigenvalue weighted by Crippen LogP contribution is 2.23. The van der Waals surface area contributed by atoms with Crippen molar-refractivity contribution in [2.24, 2.45) is 0 Å². The predicted molar refractivity (Wildman–Crippen MR) is 124 cm³/mol. The molecule has 168 valence electrons. The number of piperidine rings is 1. The number of carbonyl (C=O) groups excluding carboxylic acids is 2. The zero-order valence-corrected chi connectivity index (χ0v) is 18.7. The van der Waals surface area contributed by atoms with Crippen LogP contribution >= 0.6 is 0 Å². The fourth-order valence-electron chi connectivity index (χ4n) is 3.68. The van der Waals surface area contributed by atoms with E-state index in [2.05, 4.69) is 5.32 Å². The van der Waals surface area contributed by atoms with Gasteiger partial charge in [0, 0.05) is 44.0 Å². The third-order valence-corrected chi connectivity index (χ3v) is 5.29. The Kier molecular flexibility index (Phi) is 6.08. The molecule has 0 saturated carbocycles. The molecule has 0 spiro atoms. The number of carbonyl (C=O) groups is 2. The van der Waals surface area contributed by atoms with Gasteiger partial charge in [0.05, 0.1) is 0 Å². The van der Waals surface area contributed by atoms with Crippen LogP contribution in [-0.4, -0.2) is 46.4 Å². The molecule has 1 N–H and O–H groups in total. The molecule has 1 aromatic heterocycles. The van der Waals surface area contributed by atoms with E-state index in [1.54, 1.807) is 9.47 Å². The van der Waals surface area contributed by atoms with E-state index in [9.17, 15) is 9.59 Å². The molecular weight excluding hydrogens is 406 g/mol. The lowest BCUT2D eigenvalue weighted by Crippen LogP contribution is -2.44. The van der Waals surface area contributed by atoms with E-state index >= 15 is 0 Å². The number of likely N-dealkylation sites (tertiary alicyclic amines) is 1. The molecule has 3 aromatic rings. The largest absolute Gasteiger partial charge is 0.490 e. The fraction of sp³-hybridized carbons (Fsp3) is 0.360. The minimum Gasteiger partial charge on any atom is -0.490 e. The Morgan fingerprint density at radius 2 is 1.53 bits per heavy atom. The van der Waals surface area contributed by atoms with E-state index in [-0.39, 0.29) is 18.2 Å². The van der Waals surface area contributed by atoms with Crippen molar-refractivity contribution in [3.63, 3.8) is 0 Å². The molecular formula is C25H29N3O4. The van der Waals surface area contributed by atoms with Crippen molar-refractivity contribution >= 4 is 28.6 Å². The Morgan fingerprint density at radius 1 is 0.938 bits per heavy atom. The number of fused-ring (bicyclic) bond motifs is 1. The summed E-state index contributed by atoms with van der Waals surface area (Å²) >= 11 is 0. The van der Waals surface area contributed by atoms with Gasteiger partial charge in [-0.2, -0.15) is 0 Å². The molecule has 0 unspecified atom stereocenters. The van der Waals surface area contributed by atoms with Gasteiger partial charge >= 0.3 is 12.1 Å². The average molecular weight is 436 g/mol. The Bertz CT molecular complexity index is 1060. The first-order chi connectivity index (χ1) is 15.3. The van der Waals surface area contributed by atoms with Crippen LogP contribution in [0.15, 0.2) is 60.9 Å². The van der Waals surface area contributed by atoms with Crippen molar-refractivity contribution in [1.82, 2.24) is 9.47 Å². The second-order valence-electron chi connectivity index (χ2n) is 9.03. The van der Waals surface area contributed by atoms with Crippen LogP contribution in [0.5, 0.6) is 5.75 Å². The molecule has 0 atom stereocenters. The van der Waals surface area contributed by atoms with Gasteiger partial charge in [0.25, 0.3) is 0 Å². The monoisotopic (exact) mass is 435 g/mol. The van der Waals surface area contributed by atoms with Gasteiger partial charge in [-0.05, 0) is 55.8 Å². The lowest BCUT2D eigenvalue weighted by Gasteiger charge is -2.33. The summed E-state index contributed by atoms with van der Waals surface area (Å²) in [6, 6.07) is 15.0. The average Bonchev–Trinajstić information content (AvgIpc) is 3.19. The molecule has 0 bridgehead atoms. The van der Waals surface area contributed by atoms with Crippen LogP contribution in [0.1, 0.15) is 33.6 Å². The quantitative estimate of drug-likeness (QED) is 0.590. The lowest BCUT2D eigenvalue weighted by atomic mass is 10.1. The molecule has 32 heavy (non-hydrogen) atoms. The highest BCUT2D eigenvalue weighted by Gasteiger charge is 2.27. The number of amides is 2. The second kappa shape index (κ2) is 8.94. The van der Waals surface area contributed by atoms with Crippen LogP contribution in [0.2, 0.25) is 0 Å². The molecule has 0 radical (unpaired) electrons. The van der Waals surface area contributed by atoms with Crippen LogP contribution in [0.4, 0.5) is 15.3 Å². The van der Waals surface area contributed by atoms with Crippen LogP contribution in [0.25, 0.3) is 10.8 Å². The molecule has 1 saturated heterocycles. The maximum Gasteiger partial charge on any atom is 0.410 e. The van der Waals surface area contributed by atoms with Gasteiger partial charge in [0.1, 0.15) is 17.5 Å². The van der Waals surface area contributed by atoms with Crippen molar-refractivity contribution in [3.05, 3.63) is 60.9 Å². The molecule has 2 heterocycles. The summed E-state index contributed by atoms with van der Waals surface area (Å²) in [5.74, 6) is 0.741. The highest BCUT2D eigenvalue weighted by molar-refractivity contribution is 5.95. The second-order valence-corrected chi connectivity index (χ2v) is 9.03. The van der Waals surface area contributed by atoms with Gasteiger partial charge in [0.15, 0.2) is 0 Å². The zero-order chi connectivity index (χ0) is 22.7. The first-order valence-electron chi connectivity index (χ1n) is 10.9. The van der Waals surface area contributed by atoms with E-state index in [4.69, 9.17) is 9.47 Å². The molecule has 1 aliphatic rings. The number of benzene rings is 2. The van der Waals surface area contributed by atoms with Gasteiger partial charge < -0.3 is 19.7 Å². The molecule has 7 nitrogen and oxygen atoms in total. The summed E-state index contributed by atoms with van der Waals surface area (Å²) < 4.78 is 13.1. The molecule has 2 aromatic carbocycles. The van der Waals surface area contributed by atoms with Crippen LogP contribution < -0.4 is 10.1 Å². The SMILES string of the molecule is CC(C)(C)OC(=O)N1CCC(Oc2ccc(NC(=O)n3cc4ccccc4c3)cc2)CC1. The van der Waals surface area contributed by atoms with Crippen molar-refractivity contribution in [2.75, 3.05) is 18.4 Å². The molecule has 1 aliphatic heterocycles. The van der Waals surface area contributed by atoms with Crippen LogP contribution in [-0.2, 0) is 4.74 Å². The highest BCUT2D eigenvalue weighted by atomic mass is 16.6. The number of nitrogens with one attached hydrogen (secondary N) is 1. The Morgan fingerprint density at radius 3 is 2.09 bits per heavy atom. The maximum atomic E-state index is 12.5. The predicted octanol–water partition coefficient (Wildman–Crippen LogP) is 5.50. The molecule has 0 aliphatic carbocycles. The maximum absolute atomic E-state index is 12.5. The number of anilines is 1. The van der Waals surface area contributed by atoms with E-state index in [1.165, 1.54) is 0 Å². The first-order valence-corrected chi connectivity index (χ1v) is 10.9. The first kappa shape index (κ1) is 21.7. The van der Waals surface area contributed by atoms with Gasteiger partial charge in [-0.15, -0.1) is 0 Å². The number of rotatable bonds is 3. The summed E-state index contributed by atoms with van der Waals surface area (Å²) in [6.45, 7) is 6.83. The van der Waals surface area contributed by atoms with E-state index in [1.807, 2.05) is 81.7 Å².